The summed E-state index contributed by atoms with van der Waals surface area (Å²) in [4.78, 5) is 18.9. The largest absolute Gasteiger partial charge is 0.348 e. The van der Waals surface area contributed by atoms with Crippen LogP contribution in [0.25, 0.3) is 0 Å². The number of likely N-dealkylation sites (N-methyl/N-ethyl adjacent to an activating group) is 1. The summed E-state index contributed by atoms with van der Waals surface area (Å²) in [5.74, 6) is 0.430. The Balaban J connectivity index is 2.02. The maximum atomic E-state index is 12.2. The molecule has 1 aliphatic heterocycles. The van der Waals surface area contributed by atoms with Crippen LogP contribution >= 0.6 is 0 Å². The van der Waals surface area contributed by atoms with Gasteiger partial charge in [-0.25, -0.2) is 0 Å². The molecule has 18 heavy (non-hydrogen) atoms. The molecule has 2 fully saturated rings. The molecule has 104 valence electrons. The summed E-state index contributed by atoms with van der Waals surface area (Å²) in [5, 5.41) is 0. The van der Waals surface area contributed by atoms with Crippen molar-refractivity contribution in [2.45, 2.75) is 31.7 Å². The average Bonchev–Trinajstić information content (AvgIpc) is 2.79. The second-order valence-corrected chi connectivity index (χ2v) is 6.13. The maximum Gasteiger partial charge on any atom is 0.227 e. The fraction of sp³-hybridized carbons (Fsp3) is 0.929. The van der Waals surface area contributed by atoms with Gasteiger partial charge in [0.1, 0.15) is 0 Å². The van der Waals surface area contributed by atoms with E-state index in [0.717, 1.165) is 32.2 Å². The molecule has 0 unspecified atom stereocenters. The molecular weight excluding hydrogens is 226 g/mol. The van der Waals surface area contributed by atoms with Crippen molar-refractivity contribution < 1.29 is 4.79 Å². The second-order valence-electron chi connectivity index (χ2n) is 6.13. The predicted octanol–water partition coefficient (Wildman–Crippen LogP) is 0.881. The third-order valence-electron chi connectivity index (χ3n) is 4.39. The van der Waals surface area contributed by atoms with Crippen LogP contribution < -0.4 is 0 Å². The Bertz CT molecular complexity index is 287. The Labute approximate surface area is 111 Å². The first-order valence-corrected chi connectivity index (χ1v) is 7.21. The minimum absolute atomic E-state index is 0.146. The van der Waals surface area contributed by atoms with Gasteiger partial charge in [-0.3, -0.25) is 9.69 Å². The highest BCUT2D eigenvalue weighted by atomic mass is 16.2. The molecule has 1 atom stereocenters. The molecule has 0 bridgehead atoms. The molecule has 0 aromatic rings. The van der Waals surface area contributed by atoms with Gasteiger partial charge in [0.25, 0.3) is 0 Å². The van der Waals surface area contributed by atoms with Crippen molar-refractivity contribution >= 4 is 5.91 Å². The summed E-state index contributed by atoms with van der Waals surface area (Å²) in [7, 11) is 5.87. The van der Waals surface area contributed by atoms with Crippen molar-refractivity contribution in [1.29, 1.82) is 0 Å². The van der Waals surface area contributed by atoms with E-state index in [1.165, 1.54) is 25.7 Å². The SMILES string of the molecule is CN1CCN(C2CCCC2)C[C@@H](C(=O)N(C)C)C1. The fourth-order valence-corrected chi connectivity index (χ4v) is 3.32. The molecule has 1 aliphatic carbocycles. The van der Waals surface area contributed by atoms with E-state index in [1.54, 1.807) is 4.90 Å². The number of hydrogen-bond donors (Lipinski definition) is 0. The lowest BCUT2D eigenvalue weighted by Gasteiger charge is -2.30. The van der Waals surface area contributed by atoms with Crippen molar-refractivity contribution in [2.75, 3.05) is 47.3 Å². The van der Waals surface area contributed by atoms with Gasteiger partial charge in [0, 0.05) is 46.3 Å². The third-order valence-corrected chi connectivity index (χ3v) is 4.39. The van der Waals surface area contributed by atoms with Crippen molar-refractivity contribution in [1.82, 2.24) is 14.7 Å². The van der Waals surface area contributed by atoms with E-state index in [9.17, 15) is 4.79 Å². The quantitative estimate of drug-likeness (QED) is 0.731. The van der Waals surface area contributed by atoms with Gasteiger partial charge in [0.2, 0.25) is 5.91 Å². The third kappa shape index (κ3) is 3.23. The Morgan fingerprint density at radius 2 is 1.78 bits per heavy atom. The average molecular weight is 253 g/mol. The normalized spacial score (nSPS) is 28.3. The number of rotatable bonds is 2. The van der Waals surface area contributed by atoms with Gasteiger partial charge in [-0.05, 0) is 19.9 Å². The summed E-state index contributed by atoms with van der Waals surface area (Å²) < 4.78 is 0. The molecule has 0 aromatic carbocycles. The molecule has 0 radical (unpaired) electrons. The van der Waals surface area contributed by atoms with Gasteiger partial charge in [-0.15, -0.1) is 0 Å². The molecule has 0 aromatic heterocycles. The van der Waals surface area contributed by atoms with Gasteiger partial charge in [-0.1, -0.05) is 12.8 Å². The number of hydrogen-bond acceptors (Lipinski definition) is 3. The molecule has 0 N–H and O–H groups in total. The zero-order valence-corrected chi connectivity index (χ0v) is 12.1. The highest BCUT2D eigenvalue weighted by molar-refractivity contribution is 5.78. The van der Waals surface area contributed by atoms with Crippen molar-refractivity contribution in [3.05, 3.63) is 0 Å². The molecule has 2 aliphatic rings. The highest BCUT2D eigenvalue weighted by Gasteiger charge is 2.31. The Hall–Kier alpha value is -0.610. The van der Waals surface area contributed by atoms with Crippen molar-refractivity contribution in [2.24, 2.45) is 5.92 Å². The van der Waals surface area contributed by atoms with Crippen LogP contribution in [0, 0.1) is 5.92 Å². The van der Waals surface area contributed by atoms with Crippen LogP contribution in [-0.2, 0) is 4.79 Å². The smallest absolute Gasteiger partial charge is 0.227 e. The summed E-state index contributed by atoms with van der Waals surface area (Å²) in [5.41, 5.74) is 0. The van der Waals surface area contributed by atoms with Gasteiger partial charge in [0.05, 0.1) is 5.92 Å². The van der Waals surface area contributed by atoms with E-state index in [-0.39, 0.29) is 11.8 Å². The van der Waals surface area contributed by atoms with Crippen LogP contribution in [-0.4, -0.2) is 74.0 Å². The summed E-state index contributed by atoms with van der Waals surface area (Å²) >= 11 is 0. The molecule has 1 heterocycles. The standard InChI is InChI=1S/C14H27N3O/c1-15(2)14(18)12-10-16(3)8-9-17(11-12)13-6-4-5-7-13/h12-13H,4-11H2,1-3H3/t12-/m0/s1. The number of carbonyl (C=O) groups is 1. The van der Waals surface area contributed by atoms with E-state index >= 15 is 0 Å². The summed E-state index contributed by atoms with van der Waals surface area (Å²) in [6, 6.07) is 0.731. The van der Waals surface area contributed by atoms with E-state index in [2.05, 4.69) is 16.8 Å². The lowest BCUT2D eigenvalue weighted by atomic mass is 10.1. The lowest BCUT2D eigenvalue weighted by molar-refractivity contribution is -0.133. The molecule has 2 rings (SSSR count). The highest BCUT2D eigenvalue weighted by Crippen LogP contribution is 2.25. The van der Waals surface area contributed by atoms with E-state index in [0.29, 0.717) is 0 Å². The molecule has 1 saturated heterocycles. The zero-order valence-electron chi connectivity index (χ0n) is 12.1. The number of nitrogens with zero attached hydrogens (tertiary/aromatic N) is 3. The monoisotopic (exact) mass is 253 g/mol. The molecule has 1 amide bonds. The lowest BCUT2D eigenvalue weighted by Crippen LogP contribution is -2.42. The van der Waals surface area contributed by atoms with Gasteiger partial charge in [-0.2, -0.15) is 0 Å². The molecule has 0 spiro atoms. The van der Waals surface area contributed by atoms with Crippen molar-refractivity contribution in [3.8, 4) is 0 Å². The minimum atomic E-state index is 0.146. The molecular formula is C14H27N3O. The first kappa shape index (κ1) is 13.8. The first-order chi connectivity index (χ1) is 8.58. The Morgan fingerprint density at radius 3 is 2.39 bits per heavy atom. The van der Waals surface area contributed by atoms with Gasteiger partial charge >= 0.3 is 0 Å². The maximum absolute atomic E-state index is 12.2. The van der Waals surface area contributed by atoms with Crippen LogP contribution in [0.15, 0.2) is 0 Å². The van der Waals surface area contributed by atoms with Crippen molar-refractivity contribution in [3.63, 3.8) is 0 Å². The molecule has 4 nitrogen and oxygen atoms in total. The van der Waals surface area contributed by atoms with Crippen LogP contribution in [0.4, 0.5) is 0 Å². The van der Waals surface area contributed by atoms with Crippen LogP contribution in [0.5, 0.6) is 0 Å². The minimum Gasteiger partial charge on any atom is -0.348 e. The van der Waals surface area contributed by atoms with E-state index < -0.39 is 0 Å². The summed E-state index contributed by atoms with van der Waals surface area (Å²) in [6.45, 7) is 4.07. The predicted molar refractivity (Wildman–Crippen MR) is 73.5 cm³/mol. The Kier molecular flexibility index (Phi) is 4.62. The van der Waals surface area contributed by atoms with Crippen LogP contribution in [0.2, 0.25) is 0 Å². The molecule has 4 heteroatoms. The fourth-order valence-electron chi connectivity index (χ4n) is 3.32. The molecule has 1 saturated carbocycles. The number of carbonyl (C=O) groups excluding carboxylic acids is 1. The van der Waals surface area contributed by atoms with Crippen LogP contribution in [0.3, 0.4) is 0 Å². The first-order valence-electron chi connectivity index (χ1n) is 7.21. The Morgan fingerprint density at radius 1 is 1.11 bits per heavy atom. The summed E-state index contributed by atoms with van der Waals surface area (Å²) in [6.07, 6.45) is 5.38. The zero-order chi connectivity index (χ0) is 13.1. The number of amides is 1. The van der Waals surface area contributed by atoms with Gasteiger partial charge in [0.15, 0.2) is 0 Å². The van der Waals surface area contributed by atoms with Gasteiger partial charge < -0.3 is 9.80 Å². The second kappa shape index (κ2) is 6.02. The van der Waals surface area contributed by atoms with E-state index in [1.807, 2.05) is 14.1 Å². The van der Waals surface area contributed by atoms with Crippen LogP contribution in [0.1, 0.15) is 25.7 Å². The van der Waals surface area contributed by atoms with E-state index in [4.69, 9.17) is 0 Å². The topological polar surface area (TPSA) is 26.8 Å².